The highest BCUT2D eigenvalue weighted by molar-refractivity contribution is 7.11. The first-order chi connectivity index (χ1) is 7.16. The molecule has 0 saturated carbocycles. The van der Waals surface area contributed by atoms with Gasteiger partial charge in [0.25, 0.3) is 0 Å². The average molecular weight is 223 g/mol. The van der Waals surface area contributed by atoms with Gasteiger partial charge in [0.2, 0.25) is 0 Å². The molecule has 0 aromatic carbocycles. The third-order valence-corrected chi connectivity index (χ3v) is 2.65. The molecule has 0 atom stereocenters. The third-order valence-electron chi connectivity index (χ3n) is 1.83. The van der Waals surface area contributed by atoms with E-state index in [0.717, 1.165) is 10.0 Å². The van der Waals surface area contributed by atoms with Crippen molar-refractivity contribution < 1.29 is 4.79 Å². The van der Waals surface area contributed by atoms with Crippen LogP contribution in [0.2, 0.25) is 0 Å². The molecule has 0 bridgehead atoms. The van der Waals surface area contributed by atoms with Crippen molar-refractivity contribution in [2.24, 2.45) is 0 Å². The highest BCUT2D eigenvalue weighted by atomic mass is 32.1. The lowest BCUT2D eigenvalue weighted by atomic mass is 10.3. The summed E-state index contributed by atoms with van der Waals surface area (Å²) in [6.45, 7) is 3.81. The molecule has 0 aliphatic heterocycles. The van der Waals surface area contributed by atoms with Crippen LogP contribution in [0.3, 0.4) is 0 Å². The largest absolute Gasteiger partial charge is 0.293 e. The lowest BCUT2D eigenvalue weighted by Gasteiger charge is -1.98. The molecule has 0 spiro atoms. The Morgan fingerprint density at radius 1 is 1.53 bits per heavy atom. The van der Waals surface area contributed by atoms with Gasteiger partial charge in [-0.1, -0.05) is 16.6 Å². The van der Waals surface area contributed by atoms with Crippen molar-refractivity contribution in [1.29, 1.82) is 0 Å². The normalized spacial score (nSPS) is 10.5. The van der Waals surface area contributed by atoms with Gasteiger partial charge in [0.15, 0.2) is 5.78 Å². The second kappa shape index (κ2) is 3.85. The van der Waals surface area contributed by atoms with Crippen LogP contribution in [0, 0.1) is 6.92 Å². The van der Waals surface area contributed by atoms with Crippen LogP contribution in [0.4, 0.5) is 0 Å². The quantitative estimate of drug-likeness (QED) is 0.716. The van der Waals surface area contributed by atoms with Gasteiger partial charge in [0.05, 0.1) is 12.7 Å². The first-order valence-corrected chi connectivity index (χ1v) is 5.17. The summed E-state index contributed by atoms with van der Waals surface area (Å²) in [4.78, 5) is 11.2. The number of rotatable bonds is 3. The number of carbonyl (C=O) groups excluding carboxylic acids is 1. The zero-order valence-electron chi connectivity index (χ0n) is 8.34. The number of hydrogen-bond donors (Lipinski definition) is 0. The van der Waals surface area contributed by atoms with Crippen molar-refractivity contribution in [2.45, 2.75) is 20.4 Å². The topological polar surface area (TPSA) is 73.6 Å². The van der Waals surface area contributed by atoms with Gasteiger partial charge in [-0.2, -0.15) is 0 Å². The number of ketones is 1. The predicted molar refractivity (Wildman–Crippen MR) is 53.8 cm³/mol. The van der Waals surface area contributed by atoms with Crippen LogP contribution in [0.5, 0.6) is 0 Å². The molecule has 78 valence electrons. The molecule has 0 radical (unpaired) electrons. The maximum atomic E-state index is 11.2. The maximum absolute atomic E-state index is 11.2. The van der Waals surface area contributed by atoms with Gasteiger partial charge in [-0.25, -0.2) is 4.68 Å². The Morgan fingerprint density at radius 2 is 2.33 bits per heavy atom. The van der Waals surface area contributed by atoms with Gasteiger partial charge in [-0.05, 0) is 6.92 Å². The molecule has 0 aliphatic carbocycles. The van der Waals surface area contributed by atoms with E-state index in [9.17, 15) is 4.79 Å². The van der Waals surface area contributed by atoms with Crippen molar-refractivity contribution in [3.05, 3.63) is 21.9 Å². The van der Waals surface area contributed by atoms with Crippen LogP contribution >= 0.6 is 11.3 Å². The minimum absolute atomic E-state index is 0.0544. The zero-order valence-corrected chi connectivity index (χ0v) is 9.15. The van der Waals surface area contributed by atoms with Crippen molar-refractivity contribution >= 4 is 17.1 Å². The molecule has 0 unspecified atom stereocenters. The van der Waals surface area contributed by atoms with E-state index in [0.29, 0.717) is 12.2 Å². The van der Waals surface area contributed by atoms with E-state index in [2.05, 4.69) is 20.5 Å². The van der Waals surface area contributed by atoms with Crippen LogP contribution < -0.4 is 0 Å². The Labute approximate surface area is 90.0 Å². The standard InChI is InChI=1S/C8H9N5OS/c1-5(14)7-3-9-12-13(7)4-8-11-10-6(2)15-8/h3H,4H2,1-2H3. The smallest absolute Gasteiger partial charge is 0.179 e. The van der Waals surface area contributed by atoms with Crippen LogP contribution in [0.25, 0.3) is 0 Å². The van der Waals surface area contributed by atoms with Gasteiger partial charge in [0.1, 0.15) is 15.7 Å². The lowest BCUT2D eigenvalue weighted by Crippen LogP contribution is -2.09. The van der Waals surface area contributed by atoms with Gasteiger partial charge in [-0.3, -0.25) is 4.79 Å². The minimum atomic E-state index is -0.0544. The number of hydrogen-bond acceptors (Lipinski definition) is 6. The fourth-order valence-electron chi connectivity index (χ4n) is 1.18. The summed E-state index contributed by atoms with van der Waals surface area (Å²) in [7, 11) is 0. The van der Waals surface area contributed by atoms with Crippen LogP contribution in [0.15, 0.2) is 6.20 Å². The van der Waals surface area contributed by atoms with Crippen molar-refractivity contribution in [3.8, 4) is 0 Å². The van der Waals surface area contributed by atoms with Crippen LogP contribution in [-0.4, -0.2) is 31.0 Å². The molecular formula is C8H9N5OS. The first-order valence-electron chi connectivity index (χ1n) is 4.35. The van der Waals surface area contributed by atoms with E-state index in [1.807, 2.05) is 6.92 Å². The Bertz CT molecular complexity index is 489. The van der Waals surface area contributed by atoms with Gasteiger partial charge in [0, 0.05) is 6.92 Å². The molecule has 2 aromatic heterocycles. The average Bonchev–Trinajstić information content (AvgIpc) is 2.75. The van der Waals surface area contributed by atoms with Gasteiger partial charge in [-0.15, -0.1) is 15.3 Å². The van der Waals surface area contributed by atoms with E-state index < -0.39 is 0 Å². The summed E-state index contributed by atoms with van der Waals surface area (Å²) in [6.07, 6.45) is 1.45. The van der Waals surface area contributed by atoms with E-state index in [1.165, 1.54) is 29.1 Å². The Hall–Kier alpha value is -1.63. The second-order valence-electron chi connectivity index (χ2n) is 3.05. The summed E-state index contributed by atoms with van der Waals surface area (Å²) in [5, 5.41) is 17.1. The molecule has 2 rings (SSSR count). The Morgan fingerprint density at radius 3 is 2.93 bits per heavy atom. The third kappa shape index (κ3) is 2.07. The molecule has 6 nitrogen and oxygen atoms in total. The van der Waals surface area contributed by atoms with Crippen LogP contribution in [-0.2, 0) is 6.54 Å². The first kappa shape index (κ1) is 9.91. The minimum Gasteiger partial charge on any atom is -0.293 e. The molecule has 2 heterocycles. The maximum Gasteiger partial charge on any atom is 0.179 e. The monoisotopic (exact) mass is 223 g/mol. The number of nitrogens with zero attached hydrogens (tertiary/aromatic N) is 5. The van der Waals surface area contributed by atoms with Gasteiger partial charge >= 0.3 is 0 Å². The van der Waals surface area contributed by atoms with Crippen molar-refractivity contribution in [2.75, 3.05) is 0 Å². The Kier molecular flexibility index (Phi) is 2.55. The van der Waals surface area contributed by atoms with Crippen LogP contribution in [0.1, 0.15) is 27.4 Å². The van der Waals surface area contributed by atoms with Gasteiger partial charge < -0.3 is 0 Å². The van der Waals surface area contributed by atoms with E-state index >= 15 is 0 Å². The van der Waals surface area contributed by atoms with Crippen molar-refractivity contribution in [1.82, 2.24) is 25.2 Å². The summed E-state index contributed by atoms with van der Waals surface area (Å²) in [5.74, 6) is -0.0544. The van der Waals surface area contributed by atoms with E-state index in [1.54, 1.807) is 0 Å². The molecule has 7 heteroatoms. The molecule has 0 aliphatic rings. The zero-order chi connectivity index (χ0) is 10.8. The fraction of sp³-hybridized carbons (Fsp3) is 0.375. The molecular weight excluding hydrogens is 214 g/mol. The predicted octanol–water partition coefficient (Wildman–Crippen LogP) is 0.689. The molecule has 0 amide bonds. The van der Waals surface area contributed by atoms with E-state index in [-0.39, 0.29) is 5.78 Å². The molecule has 0 fully saturated rings. The molecule has 0 N–H and O–H groups in total. The van der Waals surface area contributed by atoms with E-state index in [4.69, 9.17) is 0 Å². The summed E-state index contributed by atoms with van der Waals surface area (Å²) in [6, 6.07) is 0. The number of carbonyl (C=O) groups is 1. The number of Topliss-reactive ketones (excluding diaryl/α,β-unsaturated/α-hetero) is 1. The lowest BCUT2D eigenvalue weighted by molar-refractivity contribution is 0.100. The highest BCUT2D eigenvalue weighted by Crippen LogP contribution is 2.10. The molecule has 2 aromatic rings. The summed E-state index contributed by atoms with van der Waals surface area (Å²) < 4.78 is 1.53. The summed E-state index contributed by atoms with van der Waals surface area (Å²) in [5.41, 5.74) is 0.489. The van der Waals surface area contributed by atoms with Crippen molar-refractivity contribution in [3.63, 3.8) is 0 Å². The fourth-order valence-corrected chi connectivity index (χ4v) is 1.87. The second-order valence-corrected chi connectivity index (χ2v) is 4.31. The highest BCUT2D eigenvalue weighted by Gasteiger charge is 2.10. The SMILES string of the molecule is CC(=O)c1cnnn1Cc1nnc(C)s1. The summed E-state index contributed by atoms with van der Waals surface area (Å²) >= 11 is 1.48. The molecule has 15 heavy (non-hydrogen) atoms. The number of aryl methyl sites for hydroxylation is 1. The molecule has 0 saturated heterocycles. The Balaban J connectivity index is 2.24. The number of aromatic nitrogens is 5.